The van der Waals surface area contributed by atoms with Gasteiger partial charge < -0.3 is 10.5 Å². The van der Waals surface area contributed by atoms with E-state index in [0.717, 1.165) is 12.2 Å². The van der Waals surface area contributed by atoms with E-state index in [-0.39, 0.29) is 0 Å². The van der Waals surface area contributed by atoms with E-state index in [2.05, 4.69) is 36.6 Å². The molecule has 96 valence electrons. The van der Waals surface area contributed by atoms with Gasteiger partial charge in [0.05, 0.1) is 6.61 Å². The Labute approximate surface area is 112 Å². The molecule has 1 heterocycles. The van der Waals surface area contributed by atoms with Gasteiger partial charge in [0.1, 0.15) is 5.75 Å². The van der Waals surface area contributed by atoms with Crippen molar-refractivity contribution in [1.82, 2.24) is 0 Å². The van der Waals surface area contributed by atoms with Gasteiger partial charge in [-0.15, -0.1) is 11.3 Å². The standard InChI is InChI=1S/C15H19NOS/c1-12-4-6-14(7-5-12)17-11-13(10-16)9-15-3-2-8-18-15/h2-8,13H,9-11,16H2,1H3. The van der Waals surface area contributed by atoms with Crippen LogP contribution in [0.1, 0.15) is 10.4 Å². The molecule has 2 nitrogen and oxygen atoms in total. The second kappa shape index (κ2) is 6.57. The predicted octanol–water partition coefficient (Wildman–Crippen LogP) is 3.25. The van der Waals surface area contributed by atoms with Gasteiger partial charge in [-0.05, 0) is 43.5 Å². The van der Waals surface area contributed by atoms with E-state index in [4.69, 9.17) is 10.5 Å². The van der Waals surface area contributed by atoms with Crippen LogP contribution >= 0.6 is 11.3 Å². The molecule has 2 rings (SSSR count). The fourth-order valence-electron chi connectivity index (χ4n) is 1.77. The molecule has 0 fully saturated rings. The van der Waals surface area contributed by atoms with Gasteiger partial charge in [0.25, 0.3) is 0 Å². The predicted molar refractivity (Wildman–Crippen MR) is 77.2 cm³/mol. The number of benzene rings is 1. The van der Waals surface area contributed by atoms with E-state index in [1.807, 2.05) is 12.1 Å². The summed E-state index contributed by atoms with van der Waals surface area (Å²) in [5.41, 5.74) is 7.05. The first kappa shape index (κ1) is 13.1. The van der Waals surface area contributed by atoms with Crippen molar-refractivity contribution in [3.63, 3.8) is 0 Å². The van der Waals surface area contributed by atoms with Crippen molar-refractivity contribution < 1.29 is 4.74 Å². The number of hydrogen-bond donors (Lipinski definition) is 1. The molecule has 0 saturated carbocycles. The summed E-state index contributed by atoms with van der Waals surface area (Å²) in [6.07, 6.45) is 1.00. The van der Waals surface area contributed by atoms with Crippen LogP contribution in [0.2, 0.25) is 0 Å². The van der Waals surface area contributed by atoms with Crippen molar-refractivity contribution in [3.8, 4) is 5.75 Å². The first-order chi connectivity index (χ1) is 8.78. The van der Waals surface area contributed by atoms with E-state index in [1.54, 1.807) is 11.3 Å². The average molecular weight is 261 g/mol. The fourth-order valence-corrected chi connectivity index (χ4v) is 2.59. The number of rotatable bonds is 6. The SMILES string of the molecule is Cc1ccc(OCC(CN)Cc2cccs2)cc1. The molecule has 0 aliphatic rings. The minimum atomic E-state index is 0.380. The van der Waals surface area contributed by atoms with Crippen LogP contribution in [0.4, 0.5) is 0 Å². The molecule has 0 saturated heterocycles. The quantitative estimate of drug-likeness (QED) is 0.866. The van der Waals surface area contributed by atoms with Crippen molar-refractivity contribution in [2.24, 2.45) is 11.7 Å². The highest BCUT2D eigenvalue weighted by Crippen LogP contribution is 2.16. The summed E-state index contributed by atoms with van der Waals surface area (Å²) >= 11 is 1.78. The van der Waals surface area contributed by atoms with Gasteiger partial charge >= 0.3 is 0 Å². The number of ether oxygens (including phenoxy) is 1. The maximum Gasteiger partial charge on any atom is 0.119 e. The van der Waals surface area contributed by atoms with Gasteiger partial charge in [-0.2, -0.15) is 0 Å². The molecule has 0 spiro atoms. The van der Waals surface area contributed by atoms with Crippen LogP contribution in [0.3, 0.4) is 0 Å². The molecule has 0 aliphatic carbocycles. The summed E-state index contributed by atoms with van der Waals surface area (Å²) in [6.45, 7) is 3.41. The summed E-state index contributed by atoms with van der Waals surface area (Å²) < 4.78 is 5.79. The van der Waals surface area contributed by atoms with E-state index in [9.17, 15) is 0 Å². The number of thiophene rings is 1. The third-order valence-electron chi connectivity index (χ3n) is 2.91. The molecule has 0 bridgehead atoms. The van der Waals surface area contributed by atoms with Crippen LogP contribution in [-0.4, -0.2) is 13.2 Å². The molecule has 1 unspecified atom stereocenters. The largest absolute Gasteiger partial charge is 0.493 e. The third kappa shape index (κ3) is 3.86. The first-order valence-electron chi connectivity index (χ1n) is 6.20. The summed E-state index contributed by atoms with van der Waals surface area (Å²) in [4.78, 5) is 1.37. The van der Waals surface area contributed by atoms with Crippen molar-refractivity contribution in [1.29, 1.82) is 0 Å². The van der Waals surface area contributed by atoms with Gasteiger partial charge in [0.15, 0.2) is 0 Å². The molecule has 18 heavy (non-hydrogen) atoms. The number of nitrogens with two attached hydrogens (primary N) is 1. The van der Waals surface area contributed by atoms with Crippen LogP contribution in [-0.2, 0) is 6.42 Å². The zero-order chi connectivity index (χ0) is 12.8. The van der Waals surface area contributed by atoms with E-state index >= 15 is 0 Å². The Morgan fingerprint density at radius 3 is 2.61 bits per heavy atom. The highest BCUT2D eigenvalue weighted by molar-refractivity contribution is 7.09. The molecular weight excluding hydrogens is 242 g/mol. The van der Waals surface area contributed by atoms with Crippen LogP contribution < -0.4 is 10.5 Å². The monoisotopic (exact) mass is 261 g/mol. The molecule has 1 atom stereocenters. The fraction of sp³-hybridized carbons (Fsp3) is 0.333. The molecule has 2 aromatic rings. The highest BCUT2D eigenvalue weighted by Gasteiger charge is 2.09. The highest BCUT2D eigenvalue weighted by atomic mass is 32.1. The topological polar surface area (TPSA) is 35.2 Å². The normalized spacial score (nSPS) is 12.3. The molecule has 0 radical (unpaired) electrons. The van der Waals surface area contributed by atoms with Gasteiger partial charge in [-0.3, -0.25) is 0 Å². The van der Waals surface area contributed by atoms with Crippen LogP contribution in [0.25, 0.3) is 0 Å². The third-order valence-corrected chi connectivity index (χ3v) is 3.81. The van der Waals surface area contributed by atoms with Gasteiger partial charge in [0, 0.05) is 10.8 Å². The molecule has 0 aliphatic heterocycles. The second-order valence-corrected chi connectivity index (χ2v) is 5.54. The maximum atomic E-state index is 5.80. The Bertz CT molecular complexity index is 450. The van der Waals surface area contributed by atoms with E-state index < -0.39 is 0 Å². The minimum Gasteiger partial charge on any atom is -0.493 e. The number of hydrogen-bond acceptors (Lipinski definition) is 3. The van der Waals surface area contributed by atoms with Crippen LogP contribution in [0, 0.1) is 12.8 Å². The molecule has 1 aromatic heterocycles. The van der Waals surface area contributed by atoms with Crippen molar-refractivity contribution >= 4 is 11.3 Å². The Kier molecular flexibility index (Phi) is 4.79. The molecule has 2 N–H and O–H groups in total. The lowest BCUT2D eigenvalue weighted by Gasteiger charge is -2.15. The van der Waals surface area contributed by atoms with E-state index in [1.165, 1.54) is 10.4 Å². The summed E-state index contributed by atoms with van der Waals surface area (Å²) in [5.74, 6) is 1.30. The Morgan fingerprint density at radius 1 is 1.22 bits per heavy atom. The molecule has 0 amide bonds. The summed E-state index contributed by atoms with van der Waals surface area (Å²) in [5, 5.41) is 2.10. The Morgan fingerprint density at radius 2 is 2.00 bits per heavy atom. The zero-order valence-electron chi connectivity index (χ0n) is 10.6. The summed E-state index contributed by atoms with van der Waals surface area (Å²) in [7, 11) is 0. The second-order valence-electron chi connectivity index (χ2n) is 4.51. The van der Waals surface area contributed by atoms with Gasteiger partial charge in [-0.25, -0.2) is 0 Å². The zero-order valence-corrected chi connectivity index (χ0v) is 11.5. The number of aryl methyl sites for hydroxylation is 1. The van der Waals surface area contributed by atoms with Crippen molar-refractivity contribution in [3.05, 3.63) is 52.2 Å². The van der Waals surface area contributed by atoms with Crippen LogP contribution in [0.5, 0.6) is 5.75 Å². The minimum absolute atomic E-state index is 0.380. The van der Waals surface area contributed by atoms with Gasteiger partial charge in [-0.1, -0.05) is 23.8 Å². The average Bonchev–Trinajstić information content (AvgIpc) is 2.89. The maximum absolute atomic E-state index is 5.80. The van der Waals surface area contributed by atoms with Crippen LogP contribution in [0.15, 0.2) is 41.8 Å². The lowest BCUT2D eigenvalue weighted by atomic mass is 10.1. The Hall–Kier alpha value is -1.32. The van der Waals surface area contributed by atoms with Crippen molar-refractivity contribution in [2.75, 3.05) is 13.2 Å². The summed E-state index contributed by atoms with van der Waals surface area (Å²) in [6, 6.07) is 12.4. The lowest BCUT2D eigenvalue weighted by molar-refractivity contribution is 0.252. The van der Waals surface area contributed by atoms with E-state index in [0.29, 0.717) is 19.1 Å². The van der Waals surface area contributed by atoms with Gasteiger partial charge in [0.2, 0.25) is 0 Å². The molecule has 1 aromatic carbocycles. The lowest BCUT2D eigenvalue weighted by Crippen LogP contribution is -2.23. The smallest absolute Gasteiger partial charge is 0.119 e. The molecular formula is C15H19NOS. The first-order valence-corrected chi connectivity index (χ1v) is 7.08. The van der Waals surface area contributed by atoms with Crippen molar-refractivity contribution in [2.45, 2.75) is 13.3 Å². The molecule has 3 heteroatoms. The Balaban J connectivity index is 1.85.